The van der Waals surface area contributed by atoms with Gasteiger partial charge in [-0.05, 0) is 66.9 Å². The van der Waals surface area contributed by atoms with E-state index in [1.807, 2.05) is 26.0 Å². The molecule has 0 aliphatic heterocycles. The second-order valence-corrected chi connectivity index (χ2v) is 7.90. The summed E-state index contributed by atoms with van der Waals surface area (Å²) in [5, 5.41) is 0. The third kappa shape index (κ3) is 5.33. The number of halogens is 3. The van der Waals surface area contributed by atoms with Crippen molar-refractivity contribution >= 4 is 12.0 Å². The van der Waals surface area contributed by atoms with Crippen molar-refractivity contribution in [1.82, 2.24) is 0 Å². The lowest BCUT2D eigenvalue weighted by Gasteiger charge is -2.10. The van der Waals surface area contributed by atoms with Crippen molar-refractivity contribution in [3.05, 3.63) is 114 Å². The van der Waals surface area contributed by atoms with Gasteiger partial charge in [-0.2, -0.15) is 4.39 Å². The van der Waals surface area contributed by atoms with E-state index in [4.69, 9.17) is 9.47 Å². The van der Waals surface area contributed by atoms with E-state index in [0.29, 0.717) is 29.0 Å². The number of carbonyl (C=O) groups excluding carboxylic acids is 1. The van der Waals surface area contributed by atoms with Gasteiger partial charge in [-0.1, -0.05) is 48.6 Å². The maximum atomic E-state index is 14.8. The second-order valence-electron chi connectivity index (χ2n) is 7.90. The van der Waals surface area contributed by atoms with Gasteiger partial charge in [0.15, 0.2) is 11.6 Å². The average molecular weight is 489 g/mol. The summed E-state index contributed by atoms with van der Waals surface area (Å²) < 4.78 is 54.4. The molecular weight excluding hydrogens is 465 g/mol. The van der Waals surface area contributed by atoms with Crippen molar-refractivity contribution in [2.75, 3.05) is 6.61 Å². The van der Waals surface area contributed by atoms with Crippen LogP contribution < -0.4 is 9.47 Å². The van der Waals surface area contributed by atoms with Gasteiger partial charge in [0.2, 0.25) is 5.82 Å². The molecule has 4 aromatic carbocycles. The van der Waals surface area contributed by atoms with E-state index in [1.54, 1.807) is 48.5 Å². The number of allylic oxidation sites excluding steroid dienone is 1. The molecule has 6 heteroatoms. The first-order valence-electron chi connectivity index (χ1n) is 11.4. The van der Waals surface area contributed by atoms with Gasteiger partial charge in [0.1, 0.15) is 11.6 Å². The summed E-state index contributed by atoms with van der Waals surface area (Å²) in [6.45, 7) is 4.12. The number of hydrogen-bond acceptors (Lipinski definition) is 3. The Bertz CT molecular complexity index is 1410. The Kier molecular flexibility index (Phi) is 7.54. The molecule has 0 radical (unpaired) electrons. The van der Waals surface area contributed by atoms with Crippen LogP contribution in [0.25, 0.3) is 28.3 Å². The molecular formula is C30H23F3O3. The van der Waals surface area contributed by atoms with Crippen LogP contribution in [0.15, 0.2) is 84.9 Å². The second kappa shape index (κ2) is 11.0. The maximum Gasteiger partial charge on any atom is 0.343 e. The van der Waals surface area contributed by atoms with E-state index in [-0.39, 0.29) is 11.1 Å². The zero-order chi connectivity index (χ0) is 25.7. The Morgan fingerprint density at radius 2 is 1.44 bits per heavy atom. The van der Waals surface area contributed by atoms with Gasteiger partial charge in [-0.3, -0.25) is 0 Å². The molecule has 0 unspecified atom stereocenters. The molecule has 0 aromatic heterocycles. The fraction of sp³-hybridized carbons (Fsp3) is 0.100. The highest BCUT2D eigenvalue weighted by atomic mass is 19.2. The molecule has 0 aliphatic carbocycles. The summed E-state index contributed by atoms with van der Waals surface area (Å²) in [5.41, 5.74) is 2.46. The van der Waals surface area contributed by atoms with Gasteiger partial charge < -0.3 is 9.47 Å². The summed E-state index contributed by atoms with van der Waals surface area (Å²) in [4.78, 5) is 12.6. The lowest BCUT2D eigenvalue weighted by Crippen LogP contribution is -2.10. The highest BCUT2D eigenvalue weighted by molar-refractivity contribution is 5.91. The molecule has 0 spiro atoms. The minimum absolute atomic E-state index is 0.0565. The van der Waals surface area contributed by atoms with Gasteiger partial charge in [0, 0.05) is 17.2 Å². The number of carbonyl (C=O) groups is 1. The first kappa shape index (κ1) is 24.8. The highest BCUT2D eigenvalue weighted by Crippen LogP contribution is 2.31. The third-order valence-corrected chi connectivity index (χ3v) is 5.51. The molecule has 0 fully saturated rings. The van der Waals surface area contributed by atoms with Crippen LogP contribution in [0, 0.1) is 17.5 Å². The van der Waals surface area contributed by atoms with Crippen molar-refractivity contribution < 1.29 is 27.4 Å². The van der Waals surface area contributed by atoms with Gasteiger partial charge in [0.25, 0.3) is 0 Å². The molecule has 0 amide bonds. The van der Waals surface area contributed by atoms with Crippen molar-refractivity contribution in [2.45, 2.75) is 13.8 Å². The highest BCUT2D eigenvalue weighted by Gasteiger charge is 2.19. The number of hydrogen-bond donors (Lipinski definition) is 0. The van der Waals surface area contributed by atoms with E-state index in [0.717, 1.165) is 5.56 Å². The van der Waals surface area contributed by atoms with Crippen molar-refractivity contribution in [3.63, 3.8) is 0 Å². The monoisotopic (exact) mass is 488 g/mol. The van der Waals surface area contributed by atoms with Crippen LogP contribution in [0.3, 0.4) is 0 Å². The number of ether oxygens (including phenoxy) is 2. The largest absolute Gasteiger partial charge is 0.494 e. The minimum Gasteiger partial charge on any atom is -0.494 e. The normalized spacial score (nSPS) is 11.0. The van der Waals surface area contributed by atoms with Crippen LogP contribution in [0.1, 0.15) is 29.8 Å². The molecule has 4 aromatic rings. The smallest absolute Gasteiger partial charge is 0.343 e. The Morgan fingerprint density at radius 3 is 2.08 bits per heavy atom. The first-order valence-corrected chi connectivity index (χ1v) is 11.4. The molecule has 0 saturated heterocycles. The van der Waals surface area contributed by atoms with Crippen molar-refractivity contribution in [2.24, 2.45) is 0 Å². The van der Waals surface area contributed by atoms with E-state index in [2.05, 4.69) is 0 Å². The predicted molar refractivity (Wildman–Crippen MR) is 134 cm³/mol. The Labute approximate surface area is 207 Å². The summed E-state index contributed by atoms with van der Waals surface area (Å²) in [5.74, 6) is -3.80. The molecule has 0 N–H and O–H groups in total. The number of rotatable bonds is 7. The summed E-state index contributed by atoms with van der Waals surface area (Å²) >= 11 is 0. The zero-order valence-corrected chi connectivity index (χ0v) is 19.7. The third-order valence-electron chi connectivity index (χ3n) is 5.51. The standard InChI is InChI=1S/C30H23F3O3/c1-3-5-19-6-8-21(9-7-19)25-16-17-27(29(33)28(25)32)36-30(34)22-12-10-20(11-13-22)24-15-14-23(35-4-2)18-26(24)31/h3,5-18H,4H2,1-2H3. The molecule has 182 valence electrons. The zero-order valence-electron chi connectivity index (χ0n) is 19.7. The van der Waals surface area contributed by atoms with Crippen LogP contribution in [-0.4, -0.2) is 12.6 Å². The minimum atomic E-state index is -1.26. The van der Waals surface area contributed by atoms with Crippen LogP contribution in [0.2, 0.25) is 0 Å². The fourth-order valence-corrected chi connectivity index (χ4v) is 3.73. The Balaban J connectivity index is 1.51. The Morgan fingerprint density at radius 1 is 0.806 bits per heavy atom. The van der Waals surface area contributed by atoms with Crippen LogP contribution in [-0.2, 0) is 0 Å². The van der Waals surface area contributed by atoms with Gasteiger partial charge in [-0.15, -0.1) is 0 Å². The van der Waals surface area contributed by atoms with Crippen molar-refractivity contribution in [3.8, 4) is 33.8 Å². The quantitative estimate of drug-likeness (QED) is 0.195. The molecule has 3 nitrogen and oxygen atoms in total. The molecule has 4 rings (SSSR count). The van der Waals surface area contributed by atoms with E-state index in [1.165, 1.54) is 30.3 Å². The van der Waals surface area contributed by atoms with E-state index < -0.39 is 29.2 Å². The average Bonchev–Trinajstić information content (AvgIpc) is 2.88. The predicted octanol–water partition coefficient (Wildman–Crippen LogP) is 8.09. The number of benzene rings is 4. The van der Waals surface area contributed by atoms with Gasteiger partial charge in [0.05, 0.1) is 12.2 Å². The first-order chi connectivity index (χ1) is 17.4. The van der Waals surface area contributed by atoms with Crippen molar-refractivity contribution in [1.29, 1.82) is 0 Å². The number of esters is 1. The Hall–Kier alpha value is -4.32. The molecule has 36 heavy (non-hydrogen) atoms. The molecule has 0 heterocycles. The van der Waals surface area contributed by atoms with Crippen LogP contribution in [0.4, 0.5) is 13.2 Å². The molecule has 0 saturated carbocycles. The van der Waals surface area contributed by atoms with Gasteiger partial charge >= 0.3 is 5.97 Å². The summed E-state index contributed by atoms with van der Waals surface area (Å²) in [7, 11) is 0. The fourth-order valence-electron chi connectivity index (χ4n) is 3.73. The summed E-state index contributed by atoms with van der Waals surface area (Å²) in [6.07, 6.45) is 3.77. The summed E-state index contributed by atoms with van der Waals surface area (Å²) in [6, 6.07) is 20.0. The maximum absolute atomic E-state index is 14.8. The molecule has 0 bridgehead atoms. The molecule has 0 atom stereocenters. The van der Waals surface area contributed by atoms with Gasteiger partial charge in [-0.25, -0.2) is 13.6 Å². The lowest BCUT2D eigenvalue weighted by atomic mass is 10.0. The topological polar surface area (TPSA) is 35.5 Å². The van der Waals surface area contributed by atoms with Crippen LogP contribution >= 0.6 is 0 Å². The SMILES string of the molecule is CC=Cc1ccc(-c2ccc(OC(=O)c3ccc(-c4ccc(OCC)cc4F)cc3)c(F)c2F)cc1. The lowest BCUT2D eigenvalue weighted by molar-refractivity contribution is 0.0727. The van der Waals surface area contributed by atoms with E-state index >= 15 is 0 Å². The van der Waals surface area contributed by atoms with E-state index in [9.17, 15) is 18.0 Å². The van der Waals surface area contributed by atoms with Crippen LogP contribution in [0.5, 0.6) is 11.5 Å². The molecule has 0 aliphatic rings.